The van der Waals surface area contributed by atoms with Crippen LogP contribution >= 0.6 is 11.8 Å². The number of benzene rings is 2. The number of rotatable bonds is 6. The van der Waals surface area contributed by atoms with Gasteiger partial charge >= 0.3 is 5.69 Å². The van der Waals surface area contributed by atoms with E-state index in [1.807, 2.05) is 24.3 Å². The molecule has 0 aliphatic rings. The summed E-state index contributed by atoms with van der Waals surface area (Å²) in [6.45, 7) is 0.595. The molecule has 0 aliphatic heterocycles. The summed E-state index contributed by atoms with van der Waals surface area (Å²) < 4.78 is 16.6. The fourth-order valence-corrected chi connectivity index (χ4v) is 3.57. The summed E-state index contributed by atoms with van der Waals surface area (Å²) in [5, 5.41) is 12.2. The highest BCUT2D eigenvalue weighted by Crippen LogP contribution is 2.20. The van der Waals surface area contributed by atoms with Gasteiger partial charge in [0.15, 0.2) is 0 Å². The second kappa shape index (κ2) is 7.12. The van der Waals surface area contributed by atoms with Crippen LogP contribution in [0.4, 0.5) is 4.39 Å². The van der Waals surface area contributed by atoms with Gasteiger partial charge in [-0.3, -0.25) is 4.57 Å². The lowest BCUT2D eigenvalue weighted by atomic mass is 10.3. The number of fused-ring (bicyclic) bond motifs is 1. The Morgan fingerprint density at radius 3 is 2.92 bits per heavy atom. The molecule has 9 heteroatoms. The Hall–Kier alpha value is -2.94. The summed E-state index contributed by atoms with van der Waals surface area (Å²) in [6.07, 6.45) is 0.766. The minimum atomic E-state index is -0.340. The van der Waals surface area contributed by atoms with Crippen LogP contribution in [0.3, 0.4) is 0 Å². The lowest BCUT2D eigenvalue weighted by Crippen LogP contribution is -2.17. The van der Waals surface area contributed by atoms with Gasteiger partial charge in [0.05, 0.1) is 16.7 Å². The molecule has 26 heavy (non-hydrogen) atoms. The predicted octanol–water partition coefficient (Wildman–Crippen LogP) is 2.63. The van der Waals surface area contributed by atoms with Crippen LogP contribution in [0.2, 0.25) is 0 Å². The van der Waals surface area contributed by atoms with Crippen LogP contribution in [-0.2, 0) is 6.54 Å². The fraction of sp³-hybridized carbons (Fsp3) is 0.176. The second-order valence-electron chi connectivity index (χ2n) is 5.65. The smallest absolute Gasteiger partial charge is 0.306 e. The molecule has 4 rings (SSSR count). The van der Waals surface area contributed by atoms with Crippen molar-refractivity contribution < 1.29 is 4.39 Å². The van der Waals surface area contributed by atoms with E-state index in [1.54, 1.807) is 16.7 Å². The number of aryl methyl sites for hydroxylation is 1. The zero-order valence-electron chi connectivity index (χ0n) is 13.7. The number of thioether (sulfide) groups is 1. The number of H-pyrrole nitrogens is 1. The van der Waals surface area contributed by atoms with Gasteiger partial charge in [-0.2, -0.15) is 4.68 Å². The first kappa shape index (κ1) is 16.5. The number of hydrogen-bond acceptors (Lipinski definition) is 5. The highest BCUT2D eigenvalue weighted by molar-refractivity contribution is 7.99. The van der Waals surface area contributed by atoms with Crippen LogP contribution < -0.4 is 5.69 Å². The number of aromatic amines is 1. The minimum Gasteiger partial charge on any atom is -0.306 e. The zero-order chi connectivity index (χ0) is 17.9. The SMILES string of the molecule is O=c1[nH]c2ccccc2n1CCCSc1nnnn1-c1cccc(F)c1. The maximum Gasteiger partial charge on any atom is 0.326 e. The molecule has 2 aromatic heterocycles. The summed E-state index contributed by atoms with van der Waals surface area (Å²) in [5.41, 5.74) is 2.19. The van der Waals surface area contributed by atoms with Crippen molar-refractivity contribution >= 4 is 22.8 Å². The lowest BCUT2D eigenvalue weighted by Gasteiger charge is -2.05. The molecule has 0 saturated carbocycles. The molecule has 4 aromatic rings. The van der Waals surface area contributed by atoms with Crippen LogP contribution in [0, 0.1) is 5.82 Å². The van der Waals surface area contributed by atoms with Crippen LogP contribution in [0.25, 0.3) is 16.7 Å². The maximum absolute atomic E-state index is 13.4. The van der Waals surface area contributed by atoms with E-state index in [9.17, 15) is 9.18 Å². The van der Waals surface area contributed by atoms with Gasteiger partial charge in [-0.15, -0.1) is 5.10 Å². The highest BCUT2D eigenvalue weighted by Gasteiger charge is 2.10. The van der Waals surface area contributed by atoms with Crippen molar-refractivity contribution in [1.82, 2.24) is 29.8 Å². The van der Waals surface area contributed by atoms with Gasteiger partial charge in [0.2, 0.25) is 5.16 Å². The molecule has 0 saturated heterocycles. The summed E-state index contributed by atoms with van der Waals surface area (Å²) in [4.78, 5) is 14.9. The third kappa shape index (κ3) is 3.25. The fourth-order valence-electron chi connectivity index (χ4n) is 2.75. The average molecular weight is 370 g/mol. The standard InChI is InChI=1S/C17H15FN6OS/c18-12-5-3-6-13(11-12)24-17(20-21-22-24)26-10-4-9-23-15-8-2-1-7-14(15)19-16(23)25/h1-3,5-8,11H,4,9-10H2,(H,19,25). The van der Waals surface area contributed by atoms with E-state index in [1.165, 1.54) is 28.6 Å². The number of nitrogens with one attached hydrogen (secondary N) is 1. The maximum atomic E-state index is 13.4. The Bertz CT molecular complexity index is 1100. The molecule has 2 aromatic carbocycles. The van der Waals surface area contributed by atoms with Crippen molar-refractivity contribution in [2.24, 2.45) is 0 Å². The van der Waals surface area contributed by atoms with E-state index in [0.717, 1.165) is 23.2 Å². The number of hydrogen-bond donors (Lipinski definition) is 1. The summed E-state index contributed by atoms with van der Waals surface area (Å²) in [7, 11) is 0. The van der Waals surface area contributed by atoms with Crippen molar-refractivity contribution in [3.05, 3.63) is 64.8 Å². The Labute approximate surface area is 151 Å². The van der Waals surface area contributed by atoms with Gasteiger partial charge in [-0.1, -0.05) is 30.0 Å². The van der Waals surface area contributed by atoms with Crippen molar-refractivity contribution in [1.29, 1.82) is 0 Å². The van der Waals surface area contributed by atoms with Gasteiger partial charge < -0.3 is 4.98 Å². The number of para-hydroxylation sites is 2. The van der Waals surface area contributed by atoms with E-state index >= 15 is 0 Å². The lowest BCUT2D eigenvalue weighted by molar-refractivity contribution is 0.623. The molecule has 7 nitrogen and oxygen atoms in total. The molecule has 0 aliphatic carbocycles. The Balaban J connectivity index is 1.42. The van der Waals surface area contributed by atoms with Crippen LogP contribution in [0.15, 0.2) is 58.5 Å². The van der Waals surface area contributed by atoms with E-state index in [2.05, 4.69) is 20.5 Å². The van der Waals surface area contributed by atoms with E-state index in [-0.39, 0.29) is 11.5 Å². The van der Waals surface area contributed by atoms with Gasteiger partial charge in [0.25, 0.3) is 0 Å². The van der Waals surface area contributed by atoms with Gasteiger partial charge in [0, 0.05) is 12.3 Å². The molecule has 0 bridgehead atoms. The number of aromatic nitrogens is 6. The van der Waals surface area contributed by atoms with Gasteiger partial charge in [0.1, 0.15) is 5.82 Å². The highest BCUT2D eigenvalue weighted by atomic mass is 32.2. The normalized spacial score (nSPS) is 11.3. The zero-order valence-corrected chi connectivity index (χ0v) is 14.5. The summed E-state index contributed by atoms with van der Waals surface area (Å²) >= 11 is 1.47. The van der Waals surface area contributed by atoms with Crippen molar-refractivity contribution in [3.63, 3.8) is 0 Å². The topological polar surface area (TPSA) is 81.4 Å². The largest absolute Gasteiger partial charge is 0.326 e. The molecular weight excluding hydrogens is 355 g/mol. The molecule has 1 N–H and O–H groups in total. The molecule has 0 unspecified atom stereocenters. The van der Waals surface area contributed by atoms with Crippen LogP contribution in [0.1, 0.15) is 6.42 Å². The molecule has 0 amide bonds. The monoisotopic (exact) mass is 370 g/mol. The molecule has 132 valence electrons. The van der Waals surface area contributed by atoms with Crippen molar-refractivity contribution in [2.45, 2.75) is 18.1 Å². The van der Waals surface area contributed by atoms with Crippen molar-refractivity contribution in [2.75, 3.05) is 5.75 Å². The molecule has 0 radical (unpaired) electrons. The average Bonchev–Trinajstić information content (AvgIpc) is 3.23. The summed E-state index contributed by atoms with van der Waals surface area (Å²) in [6, 6.07) is 13.7. The number of imidazole rings is 1. The molecule has 0 fully saturated rings. The Kier molecular flexibility index (Phi) is 4.53. The first-order valence-electron chi connectivity index (χ1n) is 8.07. The van der Waals surface area contributed by atoms with Crippen LogP contribution in [-0.4, -0.2) is 35.5 Å². The summed E-state index contributed by atoms with van der Waals surface area (Å²) in [5.74, 6) is 0.384. The first-order valence-corrected chi connectivity index (χ1v) is 9.05. The predicted molar refractivity (Wildman–Crippen MR) is 97.0 cm³/mol. The third-order valence-electron chi connectivity index (χ3n) is 3.93. The Morgan fingerprint density at radius 2 is 2.04 bits per heavy atom. The number of nitrogens with zero attached hydrogens (tertiary/aromatic N) is 5. The Morgan fingerprint density at radius 1 is 1.15 bits per heavy atom. The molecule has 0 spiro atoms. The molecule has 0 atom stereocenters. The molecular formula is C17H15FN6OS. The quantitative estimate of drug-likeness (QED) is 0.417. The van der Waals surface area contributed by atoms with Crippen LogP contribution in [0.5, 0.6) is 0 Å². The minimum absolute atomic E-state index is 0.110. The molecule has 2 heterocycles. The number of halogens is 1. The van der Waals surface area contributed by atoms with Gasteiger partial charge in [-0.05, 0) is 47.2 Å². The van der Waals surface area contributed by atoms with Crippen molar-refractivity contribution in [3.8, 4) is 5.69 Å². The van der Waals surface area contributed by atoms with E-state index in [0.29, 0.717) is 17.4 Å². The van der Waals surface area contributed by atoms with E-state index in [4.69, 9.17) is 0 Å². The third-order valence-corrected chi connectivity index (χ3v) is 4.94. The first-order chi connectivity index (χ1) is 12.7. The van der Waals surface area contributed by atoms with E-state index < -0.39 is 0 Å². The van der Waals surface area contributed by atoms with Gasteiger partial charge in [-0.25, -0.2) is 9.18 Å². The number of tetrazole rings is 1. The second-order valence-corrected chi connectivity index (χ2v) is 6.72.